The highest BCUT2D eigenvalue weighted by molar-refractivity contribution is 5.76. The fraction of sp³-hybridized carbons (Fsp3) is 0.480. The first kappa shape index (κ1) is 19.7. The fourth-order valence-electron chi connectivity index (χ4n) is 4.97. The summed E-state index contributed by atoms with van der Waals surface area (Å²) in [6, 6.07) is 19.6. The first-order chi connectivity index (χ1) is 14.9. The maximum absolute atomic E-state index is 5.90. The van der Waals surface area contributed by atoms with Gasteiger partial charge in [-0.05, 0) is 43.5 Å². The lowest BCUT2D eigenvalue weighted by Gasteiger charge is -2.34. The van der Waals surface area contributed by atoms with E-state index >= 15 is 0 Å². The zero-order valence-corrected chi connectivity index (χ0v) is 17.7. The highest BCUT2D eigenvalue weighted by Crippen LogP contribution is 2.33. The first-order valence-electron chi connectivity index (χ1n) is 11.4. The Morgan fingerprint density at radius 2 is 1.77 bits per heavy atom. The lowest BCUT2D eigenvalue weighted by atomic mass is 10.0. The van der Waals surface area contributed by atoms with Crippen LogP contribution < -0.4 is 5.32 Å². The summed E-state index contributed by atoms with van der Waals surface area (Å²) in [4.78, 5) is 7.62. The molecule has 30 heavy (non-hydrogen) atoms. The number of imidazole rings is 1. The molecule has 0 saturated carbocycles. The summed E-state index contributed by atoms with van der Waals surface area (Å²) < 4.78 is 8.48. The van der Waals surface area contributed by atoms with Gasteiger partial charge in [0.2, 0.25) is 0 Å². The summed E-state index contributed by atoms with van der Waals surface area (Å²) in [6.45, 7) is 6.95. The van der Waals surface area contributed by atoms with Gasteiger partial charge in [0.15, 0.2) is 0 Å². The van der Waals surface area contributed by atoms with Gasteiger partial charge in [-0.1, -0.05) is 42.5 Å². The Balaban J connectivity index is 1.19. The van der Waals surface area contributed by atoms with Crippen LogP contribution in [0.15, 0.2) is 54.6 Å². The standard InChI is InChI=1S/C25H32N4O/c1-2-6-20(7-3-1)19-30-17-16-28-14-11-22(12-15-28)29-24-9-5-4-8-23(24)27-25(29)21-10-13-26-18-21/h1-9,21-22,26H,10-19H2. The van der Waals surface area contributed by atoms with Crippen LogP contribution in [0.2, 0.25) is 0 Å². The van der Waals surface area contributed by atoms with Crippen molar-refractivity contribution < 1.29 is 4.74 Å². The largest absolute Gasteiger partial charge is 0.375 e. The van der Waals surface area contributed by atoms with Crippen LogP contribution in [0.1, 0.15) is 42.6 Å². The topological polar surface area (TPSA) is 42.3 Å². The zero-order chi connectivity index (χ0) is 20.2. The Morgan fingerprint density at radius 3 is 2.57 bits per heavy atom. The maximum atomic E-state index is 5.90. The van der Waals surface area contributed by atoms with Gasteiger partial charge in [-0.15, -0.1) is 0 Å². The van der Waals surface area contributed by atoms with E-state index in [0.29, 0.717) is 18.6 Å². The van der Waals surface area contributed by atoms with Gasteiger partial charge in [-0.2, -0.15) is 0 Å². The highest BCUT2D eigenvalue weighted by Gasteiger charge is 2.29. The van der Waals surface area contributed by atoms with Gasteiger partial charge in [-0.25, -0.2) is 4.98 Å². The second-order valence-corrected chi connectivity index (χ2v) is 8.63. The van der Waals surface area contributed by atoms with Crippen LogP contribution in [0, 0.1) is 0 Å². The number of hydrogen-bond acceptors (Lipinski definition) is 4. The predicted octanol–water partition coefficient (Wildman–Crippen LogP) is 3.97. The van der Waals surface area contributed by atoms with Crippen molar-refractivity contribution in [3.63, 3.8) is 0 Å². The van der Waals surface area contributed by atoms with E-state index in [1.54, 1.807) is 0 Å². The molecule has 0 spiro atoms. The molecule has 158 valence electrons. The lowest BCUT2D eigenvalue weighted by molar-refractivity contribution is 0.0801. The molecule has 1 atom stereocenters. The number of fused-ring (bicyclic) bond motifs is 1. The Labute approximate surface area is 179 Å². The van der Waals surface area contributed by atoms with Crippen LogP contribution in [-0.4, -0.2) is 53.8 Å². The van der Waals surface area contributed by atoms with Gasteiger partial charge in [0.25, 0.3) is 0 Å². The minimum absolute atomic E-state index is 0.543. The lowest BCUT2D eigenvalue weighted by Crippen LogP contribution is -2.37. The van der Waals surface area contributed by atoms with E-state index in [4.69, 9.17) is 9.72 Å². The molecule has 0 radical (unpaired) electrons. The SMILES string of the molecule is c1ccc(COCCN2CCC(n3c(C4CCNC4)nc4ccccc43)CC2)cc1. The van der Waals surface area contributed by atoms with E-state index in [0.717, 1.165) is 44.8 Å². The third-order valence-corrected chi connectivity index (χ3v) is 6.63. The van der Waals surface area contributed by atoms with E-state index in [1.165, 1.54) is 36.2 Å². The number of hydrogen-bond donors (Lipinski definition) is 1. The molecule has 3 heterocycles. The molecule has 3 aromatic rings. The van der Waals surface area contributed by atoms with Gasteiger partial charge in [0.05, 0.1) is 24.2 Å². The van der Waals surface area contributed by atoms with Crippen LogP contribution in [0.25, 0.3) is 11.0 Å². The Bertz CT molecular complexity index is 940. The van der Waals surface area contributed by atoms with Crippen LogP contribution in [0.5, 0.6) is 0 Å². The average molecular weight is 405 g/mol. The third kappa shape index (κ3) is 4.29. The summed E-state index contributed by atoms with van der Waals surface area (Å²) in [5, 5.41) is 3.52. The number of rotatable bonds is 7. The van der Waals surface area contributed by atoms with Crippen molar-refractivity contribution in [3.8, 4) is 0 Å². The minimum Gasteiger partial charge on any atom is -0.375 e. The van der Waals surface area contributed by atoms with Gasteiger partial charge in [0.1, 0.15) is 5.82 Å². The molecule has 2 fully saturated rings. The van der Waals surface area contributed by atoms with Gasteiger partial charge in [-0.3, -0.25) is 0 Å². The monoisotopic (exact) mass is 404 g/mol. The van der Waals surface area contributed by atoms with Crippen LogP contribution in [0.4, 0.5) is 0 Å². The van der Waals surface area contributed by atoms with Crippen molar-refractivity contribution in [2.75, 3.05) is 39.3 Å². The molecule has 2 aliphatic rings. The number of aromatic nitrogens is 2. The Morgan fingerprint density at radius 1 is 0.967 bits per heavy atom. The average Bonchev–Trinajstić information content (AvgIpc) is 3.46. The summed E-state index contributed by atoms with van der Waals surface area (Å²) in [5.41, 5.74) is 3.71. The fourth-order valence-corrected chi connectivity index (χ4v) is 4.97. The molecule has 0 amide bonds. The maximum Gasteiger partial charge on any atom is 0.114 e. The molecule has 1 aromatic heterocycles. The molecular weight excluding hydrogens is 372 g/mol. The van der Waals surface area contributed by atoms with Gasteiger partial charge < -0.3 is 19.5 Å². The van der Waals surface area contributed by atoms with Crippen LogP contribution >= 0.6 is 0 Å². The first-order valence-corrected chi connectivity index (χ1v) is 11.4. The van der Waals surface area contributed by atoms with E-state index in [9.17, 15) is 0 Å². The molecule has 1 N–H and O–H groups in total. The van der Waals surface area contributed by atoms with Crippen molar-refractivity contribution in [2.45, 2.75) is 37.8 Å². The minimum atomic E-state index is 0.543. The zero-order valence-electron chi connectivity index (χ0n) is 17.7. The van der Waals surface area contributed by atoms with Crippen molar-refractivity contribution >= 4 is 11.0 Å². The van der Waals surface area contributed by atoms with Crippen LogP contribution in [0.3, 0.4) is 0 Å². The van der Waals surface area contributed by atoms with E-state index in [-0.39, 0.29) is 0 Å². The highest BCUT2D eigenvalue weighted by atomic mass is 16.5. The quantitative estimate of drug-likeness (QED) is 0.605. The molecular formula is C25H32N4O. The number of para-hydroxylation sites is 2. The number of ether oxygens (including phenoxy) is 1. The van der Waals surface area contributed by atoms with Crippen molar-refractivity contribution in [1.29, 1.82) is 0 Å². The number of nitrogens with zero attached hydrogens (tertiary/aromatic N) is 3. The molecule has 2 saturated heterocycles. The smallest absolute Gasteiger partial charge is 0.114 e. The van der Waals surface area contributed by atoms with Crippen LogP contribution in [-0.2, 0) is 11.3 Å². The number of benzene rings is 2. The molecule has 5 rings (SSSR count). The number of likely N-dealkylation sites (tertiary alicyclic amines) is 1. The van der Waals surface area contributed by atoms with Crippen molar-refractivity contribution in [3.05, 3.63) is 66.0 Å². The molecule has 0 bridgehead atoms. The second-order valence-electron chi connectivity index (χ2n) is 8.63. The van der Waals surface area contributed by atoms with E-state index in [2.05, 4.69) is 63.3 Å². The second kappa shape index (κ2) is 9.29. The van der Waals surface area contributed by atoms with E-state index < -0.39 is 0 Å². The predicted molar refractivity (Wildman–Crippen MR) is 121 cm³/mol. The normalized spacial score (nSPS) is 20.9. The van der Waals surface area contributed by atoms with Crippen molar-refractivity contribution in [1.82, 2.24) is 19.8 Å². The third-order valence-electron chi connectivity index (χ3n) is 6.63. The van der Waals surface area contributed by atoms with Crippen molar-refractivity contribution in [2.24, 2.45) is 0 Å². The molecule has 2 aliphatic heterocycles. The summed E-state index contributed by atoms with van der Waals surface area (Å²) in [7, 11) is 0. The van der Waals surface area contributed by atoms with E-state index in [1.807, 2.05) is 6.07 Å². The molecule has 1 unspecified atom stereocenters. The summed E-state index contributed by atoms with van der Waals surface area (Å²) in [6.07, 6.45) is 3.57. The molecule has 5 heteroatoms. The molecule has 0 aliphatic carbocycles. The number of nitrogens with one attached hydrogen (secondary N) is 1. The van der Waals surface area contributed by atoms with Gasteiger partial charge in [0, 0.05) is 38.1 Å². The summed E-state index contributed by atoms with van der Waals surface area (Å²) in [5.74, 6) is 1.84. The van der Waals surface area contributed by atoms with Gasteiger partial charge >= 0.3 is 0 Å². The Hall–Kier alpha value is -2.21. The number of piperidine rings is 1. The molecule has 2 aromatic carbocycles. The Kier molecular flexibility index (Phi) is 6.11. The molecule has 5 nitrogen and oxygen atoms in total. The summed E-state index contributed by atoms with van der Waals surface area (Å²) >= 11 is 0.